The Morgan fingerprint density at radius 1 is 1.53 bits per heavy atom. The van der Waals surface area contributed by atoms with Gasteiger partial charge in [0.2, 0.25) is 0 Å². The molecule has 1 aliphatic rings. The number of nitrogens with two attached hydrogens (primary N) is 1. The van der Waals surface area contributed by atoms with Crippen molar-refractivity contribution in [3.63, 3.8) is 0 Å². The molecular formula is C11H19N5S. The Morgan fingerprint density at radius 3 is 2.82 bits per heavy atom. The number of nitrogens with one attached hydrogen (secondary N) is 1. The van der Waals surface area contributed by atoms with Crippen LogP contribution in [0.4, 0.5) is 11.6 Å². The molecule has 17 heavy (non-hydrogen) atoms. The second kappa shape index (κ2) is 5.55. The second-order valence-electron chi connectivity index (χ2n) is 4.42. The number of nitrogen functional groups attached to an aromatic ring is 1. The van der Waals surface area contributed by atoms with E-state index in [1.807, 2.05) is 12.3 Å². The van der Waals surface area contributed by atoms with Gasteiger partial charge in [-0.15, -0.1) is 0 Å². The van der Waals surface area contributed by atoms with Gasteiger partial charge in [0, 0.05) is 19.7 Å². The van der Waals surface area contributed by atoms with Gasteiger partial charge in [0.25, 0.3) is 0 Å². The fraction of sp³-hybridized carbons (Fsp3) is 0.636. The first-order valence-electron chi connectivity index (χ1n) is 5.83. The Kier molecular flexibility index (Phi) is 4.06. The summed E-state index contributed by atoms with van der Waals surface area (Å²) in [6, 6.07) is 1.89. The molecule has 2 rings (SSSR count). The predicted octanol–water partition coefficient (Wildman–Crippen LogP) is 1.72. The molecule has 3 N–H and O–H groups in total. The van der Waals surface area contributed by atoms with E-state index in [2.05, 4.69) is 27.3 Å². The van der Waals surface area contributed by atoms with Crippen LogP contribution in [0.3, 0.4) is 0 Å². The molecule has 0 saturated heterocycles. The van der Waals surface area contributed by atoms with E-state index < -0.39 is 0 Å². The van der Waals surface area contributed by atoms with Crippen LogP contribution < -0.4 is 16.2 Å². The molecule has 1 fully saturated rings. The van der Waals surface area contributed by atoms with Crippen LogP contribution in [0.15, 0.2) is 11.2 Å². The van der Waals surface area contributed by atoms with E-state index in [9.17, 15) is 0 Å². The fourth-order valence-corrected chi connectivity index (χ4v) is 2.30. The van der Waals surface area contributed by atoms with E-state index in [0.717, 1.165) is 23.4 Å². The third-order valence-electron chi connectivity index (χ3n) is 3.17. The van der Waals surface area contributed by atoms with Crippen molar-refractivity contribution in [2.45, 2.75) is 24.4 Å². The zero-order chi connectivity index (χ0) is 12.3. The molecule has 5 nitrogen and oxygen atoms in total. The van der Waals surface area contributed by atoms with E-state index >= 15 is 0 Å². The van der Waals surface area contributed by atoms with E-state index in [1.54, 1.807) is 0 Å². The third kappa shape index (κ3) is 3.01. The predicted molar refractivity (Wildman–Crippen MR) is 72.2 cm³/mol. The highest BCUT2D eigenvalue weighted by Gasteiger charge is 2.20. The summed E-state index contributed by atoms with van der Waals surface area (Å²) in [4.78, 5) is 10.9. The summed E-state index contributed by atoms with van der Waals surface area (Å²) in [5.74, 6) is 7.84. The highest BCUT2D eigenvalue weighted by atomic mass is 32.2. The molecule has 0 unspecified atom stereocenters. The van der Waals surface area contributed by atoms with E-state index in [4.69, 9.17) is 5.84 Å². The average Bonchev–Trinajstić information content (AvgIpc) is 2.32. The molecule has 0 spiro atoms. The molecule has 1 aliphatic carbocycles. The Hall–Kier alpha value is -1.01. The number of hydrogen-bond acceptors (Lipinski definition) is 6. The van der Waals surface area contributed by atoms with Crippen LogP contribution in [0.25, 0.3) is 0 Å². The zero-order valence-corrected chi connectivity index (χ0v) is 11.1. The molecule has 0 atom stereocenters. The summed E-state index contributed by atoms with van der Waals surface area (Å²) in [7, 11) is 2.07. The van der Waals surface area contributed by atoms with Crippen molar-refractivity contribution in [2.75, 3.05) is 30.2 Å². The topological polar surface area (TPSA) is 67.1 Å². The van der Waals surface area contributed by atoms with Crippen molar-refractivity contribution < 1.29 is 0 Å². The summed E-state index contributed by atoms with van der Waals surface area (Å²) >= 11 is 1.52. The molecule has 0 amide bonds. The van der Waals surface area contributed by atoms with Crippen LogP contribution in [-0.2, 0) is 0 Å². The maximum absolute atomic E-state index is 5.41. The summed E-state index contributed by atoms with van der Waals surface area (Å²) in [5.41, 5.74) is 2.59. The van der Waals surface area contributed by atoms with Gasteiger partial charge in [0.15, 0.2) is 5.16 Å². The zero-order valence-electron chi connectivity index (χ0n) is 10.3. The van der Waals surface area contributed by atoms with Crippen molar-refractivity contribution in [3.8, 4) is 0 Å². The molecule has 1 aromatic heterocycles. The highest BCUT2D eigenvalue weighted by Crippen LogP contribution is 2.28. The quantitative estimate of drug-likeness (QED) is 0.360. The lowest BCUT2D eigenvalue weighted by Crippen LogP contribution is -2.30. The summed E-state index contributed by atoms with van der Waals surface area (Å²) < 4.78 is 0. The Balaban J connectivity index is 2.11. The number of hydrazine groups is 1. The van der Waals surface area contributed by atoms with E-state index in [1.165, 1.54) is 31.0 Å². The number of hydrogen-bond donors (Lipinski definition) is 2. The van der Waals surface area contributed by atoms with Gasteiger partial charge in [-0.3, -0.25) is 0 Å². The molecule has 0 aromatic carbocycles. The van der Waals surface area contributed by atoms with Crippen molar-refractivity contribution in [3.05, 3.63) is 6.07 Å². The maximum atomic E-state index is 5.41. The molecule has 0 radical (unpaired) electrons. The standard InChI is InChI=1S/C11H19N5S/c1-16(7-8-4-3-5-8)10-6-9(15-12)13-11(14-10)17-2/h6,8H,3-5,7,12H2,1-2H3,(H,13,14,15). The lowest BCUT2D eigenvalue weighted by molar-refractivity contribution is 0.321. The van der Waals surface area contributed by atoms with Crippen LogP contribution in [0.1, 0.15) is 19.3 Å². The molecule has 6 heteroatoms. The summed E-state index contributed by atoms with van der Waals surface area (Å²) in [6.07, 6.45) is 6.01. The number of nitrogens with zero attached hydrogens (tertiary/aromatic N) is 3. The fourth-order valence-electron chi connectivity index (χ4n) is 1.93. The lowest BCUT2D eigenvalue weighted by Gasteiger charge is -2.30. The minimum absolute atomic E-state index is 0.666. The Labute approximate surface area is 106 Å². The number of aromatic nitrogens is 2. The highest BCUT2D eigenvalue weighted by molar-refractivity contribution is 7.98. The molecular weight excluding hydrogens is 234 g/mol. The molecule has 1 saturated carbocycles. The normalized spacial score (nSPS) is 15.5. The smallest absolute Gasteiger partial charge is 0.191 e. The molecule has 94 valence electrons. The number of thioether (sulfide) groups is 1. The van der Waals surface area contributed by atoms with Crippen molar-refractivity contribution >= 4 is 23.4 Å². The first-order valence-corrected chi connectivity index (χ1v) is 7.06. The molecule has 1 heterocycles. The van der Waals surface area contributed by atoms with Gasteiger partial charge < -0.3 is 10.3 Å². The van der Waals surface area contributed by atoms with Gasteiger partial charge in [-0.25, -0.2) is 15.8 Å². The molecule has 0 bridgehead atoms. The van der Waals surface area contributed by atoms with Crippen molar-refractivity contribution in [2.24, 2.45) is 11.8 Å². The third-order valence-corrected chi connectivity index (χ3v) is 3.72. The van der Waals surface area contributed by atoms with Gasteiger partial charge in [-0.2, -0.15) is 0 Å². The minimum atomic E-state index is 0.666. The van der Waals surface area contributed by atoms with Gasteiger partial charge in [-0.1, -0.05) is 18.2 Å². The first-order chi connectivity index (χ1) is 8.22. The van der Waals surface area contributed by atoms with Crippen molar-refractivity contribution in [1.29, 1.82) is 0 Å². The second-order valence-corrected chi connectivity index (χ2v) is 5.19. The van der Waals surface area contributed by atoms with Gasteiger partial charge in [0.1, 0.15) is 11.6 Å². The lowest BCUT2D eigenvalue weighted by atomic mass is 9.85. The van der Waals surface area contributed by atoms with Crippen LogP contribution in [0.2, 0.25) is 0 Å². The molecule has 0 aliphatic heterocycles. The summed E-state index contributed by atoms with van der Waals surface area (Å²) in [5, 5.41) is 0.746. The Morgan fingerprint density at radius 2 is 2.29 bits per heavy atom. The largest absolute Gasteiger partial charge is 0.359 e. The molecule has 1 aromatic rings. The van der Waals surface area contributed by atoms with Crippen LogP contribution in [0, 0.1) is 5.92 Å². The number of rotatable bonds is 5. The van der Waals surface area contributed by atoms with Crippen LogP contribution in [0.5, 0.6) is 0 Å². The van der Waals surface area contributed by atoms with Gasteiger partial charge in [-0.05, 0) is 25.0 Å². The van der Waals surface area contributed by atoms with E-state index in [0.29, 0.717) is 5.82 Å². The first kappa shape index (κ1) is 12.4. The SMILES string of the molecule is CSc1nc(NN)cc(N(C)CC2CCC2)n1. The maximum Gasteiger partial charge on any atom is 0.191 e. The van der Waals surface area contributed by atoms with Crippen LogP contribution in [-0.4, -0.2) is 29.8 Å². The van der Waals surface area contributed by atoms with Crippen molar-refractivity contribution in [1.82, 2.24) is 9.97 Å². The van der Waals surface area contributed by atoms with Gasteiger partial charge in [0.05, 0.1) is 0 Å². The van der Waals surface area contributed by atoms with Gasteiger partial charge >= 0.3 is 0 Å². The van der Waals surface area contributed by atoms with E-state index in [-0.39, 0.29) is 0 Å². The summed E-state index contributed by atoms with van der Waals surface area (Å²) in [6.45, 7) is 1.06. The monoisotopic (exact) mass is 253 g/mol. The average molecular weight is 253 g/mol. The Bertz CT molecular complexity index is 358. The van der Waals surface area contributed by atoms with Crippen LogP contribution >= 0.6 is 11.8 Å². The number of anilines is 2. The minimum Gasteiger partial charge on any atom is -0.359 e.